The predicted molar refractivity (Wildman–Crippen MR) is 290 cm³/mol. The maximum Gasteiger partial charge on any atom is 0.328 e. The van der Waals surface area contributed by atoms with Gasteiger partial charge in [-0.2, -0.15) is 0 Å². The van der Waals surface area contributed by atoms with Crippen LogP contribution in [0.2, 0.25) is 0 Å². The summed E-state index contributed by atoms with van der Waals surface area (Å²) < 4.78 is 55.4. The van der Waals surface area contributed by atoms with Crippen LogP contribution in [-0.2, 0) is 93.6 Å². The largest absolute Gasteiger partial charge is 0.451 e. The normalized spacial score (nSPS) is 17.2. The van der Waals surface area contributed by atoms with Gasteiger partial charge in [-0.25, -0.2) is 9.36 Å². The molecular weight excluding hydrogens is 1000 g/mol. The highest BCUT2D eigenvalue weighted by Crippen LogP contribution is 2.33. The number of hydrogen-bond donors (Lipinski definition) is 0. The first-order chi connectivity index (χ1) is 39.0. The summed E-state index contributed by atoms with van der Waals surface area (Å²) in [6.45, 7) is 0.262. The van der Waals surface area contributed by atoms with Gasteiger partial charge in [-0.15, -0.1) is 10.2 Å². The number of carbonyl (C=O) groups is 2. The Bertz CT molecular complexity index is 3150. The minimum absolute atomic E-state index is 0.00586. The summed E-state index contributed by atoms with van der Waals surface area (Å²) in [5.74, 6) is -0.981. The molecule has 1 aliphatic rings. The maximum absolute atomic E-state index is 13.5. The lowest BCUT2D eigenvalue weighted by Crippen LogP contribution is -2.61. The molecule has 3 heterocycles. The Labute approximate surface area is 458 Å². The third-order valence-electron chi connectivity index (χ3n) is 13.0. The summed E-state index contributed by atoms with van der Waals surface area (Å²) in [6, 6.07) is 67.9. The molecule has 10 rings (SSSR count). The highest BCUT2D eigenvalue weighted by Gasteiger charge is 2.49. The van der Waals surface area contributed by atoms with Crippen LogP contribution < -0.4 is 0 Å². The summed E-state index contributed by atoms with van der Waals surface area (Å²) in [7, 11) is 0. The van der Waals surface area contributed by atoms with Crippen molar-refractivity contribution in [3.05, 3.63) is 275 Å². The van der Waals surface area contributed by atoms with E-state index in [0.717, 1.165) is 38.9 Å². The van der Waals surface area contributed by atoms with Gasteiger partial charge in [0, 0.05) is 0 Å². The summed E-state index contributed by atoms with van der Waals surface area (Å²) >= 11 is 0. The van der Waals surface area contributed by atoms with E-state index in [0.29, 0.717) is 11.4 Å². The molecule has 5 atom stereocenters. The fraction of sp³-hybridized carbons (Fsp3) is 0.238. The molecule has 1 fully saturated rings. The van der Waals surface area contributed by atoms with Crippen LogP contribution in [0, 0.1) is 0 Å². The molecule has 16 heteroatoms. The Morgan fingerprint density at radius 1 is 0.418 bits per heavy atom. The third kappa shape index (κ3) is 15.4. The second-order valence-corrected chi connectivity index (χ2v) is 18.9. The zero-order chi connectivity index (χ0) is 53.9. The van der Waals surface area contributed by atoms with Crippen molar-refractivity contribution < 1.29 is 47.5 Å². The minimum Gasteiger partial charge on any atom is -0.451 e. The van der Waals surface area contributed by atoms with Crippen LogP contribution in [0.25, 0.3) is 0 Å². The quantitative estimate of drug-likeness (QED) is 0.0470. The molecule has 79 heavy (non-hydrogen) atoms. The first kappa shape index (κ1) is 53.9. The molecule has 16 nitrogen and oxygen atoms in total. The smallest absolute Gasteiger partial charge is 0.328 e. The van der Waals surface area contributed by atoms with Gasteiger partial charge < -0.3 is 37.9 Å². The minimum atomic E-state index is -1.05. The SMILES string of the molecule is O=C(Cn1cc(COC[C@H]2O[C@H](OCc3cn(CC(=O)OC(c4ccccc4)c4ccccc4)nn3)[C@H](OCc3ccccc3)[C@@H](OCc3ccccc3)[C@@H]2OCc2ccccc2)nn1)OC(c1ccccc1)c1ccccc1. The summed E-state index contributed by atoms with van der Waals surface area (Å²) in [5, 5.41) is 17.2. The van der Waals surface area contributed by atoms with Crippen molar-refractivity contribution in [1.29, 1.82) is 0 Å². The van der Waals surface area contributed by atoms with Gasteiger partial charge in [-0.3, -0.25) is 9.59 Å². The van der Waals surface area contributed by atoms with E-state index in [1.54, 1.807) is 12.4 Å². The second-order valence-electron chi connectivity index (χ2n) is 18.9. The Morgan fingerprint density at radius 3 is 1.18 bits per heavy atom. The van der Waals surface area contributed by atoms with Gasteiger partial charge in [0.25, 0.3) is 0 Å². The van der Waals surface area contributed by atoms with Gasteiger partial charge in [-0.05, 0) is 38.9 Å². The monoisotopic (exact) mass is 1060 g/mol. The predicted octanol–water partition coefficient (Wildman–Crippen LogP) is 9.75. The lowest BCUT2D eigenvalue weighted by Gasteiger charge is -2.45. The molecular formula is C63H60N6O10. The molecule has 0 aliphatic carbocycles. The van der Waals surface area contributed by atoms with Crippen molar-refractivity contribution in [3.8, 4) is 0 Å². The average molecular weight is 1060 g/mol. The second kappa shape index (κ2) is 27.7. The van der Waals surface area contributed by atoms with Gasteiger partial charge in [0.2, 0.25) is 0 Å². The molecule has 0 amide bonds. The lowest BCUT2D eigenvalue weighted by molar-refractivity contribution is -0.331. The first-order valence-corrected chi connectivity index (χ1v) is 26.2. The van der Waals surface area contributed by atoms with Crippen LogP contribution >= 0.6 is 0 Å². The number of aromatic nitrogens is 6. The molecule has 2 aromatic heterocycles. The highest BCUT2D eigenvalue weighted by atomic mass is 16.7. The number of benzene rings is 7. The molecule has 0 saturated carbocycles. The van der Waals surface area contributed by atoms with Gasteiger partial charge in [0.05, 0.1) is 52.0 Å². The van der Waals surface area contributed by atoms with Crippen LogP contribution in [0.4, 0.5) is 0 Å². The molecule has 9 aromatic rings. The molecule has 402 valence electrons. The first-order valence-electron chi connectivity index (χ1n) is 26.2. The van der Waals surface area contributed by atoms with E-state index in [1.165, 1.54) is 9.36 Å². The van der Waals surface area contributed by atoms with Crippen LogP contribution in [0.3, 0.4) is 0 Å². The molecule has 1 aliphatic heterocycles. The third-order valence-corrected chi connectivity index (χ3v) is 13.0. The molecule has 0 spiro atoms. The van der Waals surface area contributed by atoms with E-state index in [2.05, 4.69) is 20.6 Å². The van der Waals surface area contributed by atoms with Crippen molar-refractivity contribution in [2.45, 2.75) is 89.0 Å². The Balaban J connectivity index is 0.863. The maximum atomic E-state index is 13.5. The topological polar surface area (TPSA) is 169 Å². The van der Waals surface area contributed by atoms with Gasteiger partial charge in [0.15, 0.2) is 18.5 Å². The number of ether oxygens (including phenoxy) is 8. The zero-order valence-electron chi connectivity index (χ0n) is 43.3. The molecule has 0 N–H and O–H groups in total. The van der Waals surface area contributed by atoms with Crippen LogP contribution in [-0.4, -0.2) is 79.2 Å². The Kier molecular flexibility index (Phi) is 18.9. The lowest BCUT2D eigenvalue weighted by atomic mass is 9.97. The van der Waals surface area contributed by atoms with E-state index in [9.17, 15) is 9.59 Å². The summed E-state index contributed by atoms with van der Waals surface area (Å²) in [4.78, 5) is 27.0. The number of nitrogens with zero attached hydrogens (tertiary/aromatic N) is 6. The summed E-state index contributed by atoms with van der Waals surface area (Å²) in [6.07, 6.45) is -2.13. The van der Waals surface area contributed by atoms with Crippen LogP contribution in [0.1, 0.15) is 62.5 Å². The van der Waals surface area contributed by atoms with Gasteiger partial charge in [0.1, 0.15) is 48.9 Å². The number of carbonyl (C=O) groups excluding carboxylic acids is 2. The van der Waals surface area contributed by atoms with E-state index in [-0.39, 0.29) is 52.7 Å². The van der Waals surface area contributed by atoms with Crippen LogP contribution in [0.15, 0.2) is 225 Å². The van der Waals surface area contributed by atoms with Crippen molar-refractivity contribution in [2.75, 3.05) is 6.61 Å². The fourth-order valence-electron chi connectivity index (χ4n) is 9.20. The van der Waals surface area contributed by atoms with E-state index in [4.69, 9.17) is 37.9 Å². The molecule has 0 unspecified atom stereocenters. The standard InChI is InChI=1S/C63H60N6O10/c70-56(78-58(49-28-14-4-15-29-49)50-30-16-5-17-31-50)38-68-36-53(64-66-68)43-72-45-55-60(73-40-46-22-8-1-9-23-46)61(74-41-47-24-10-2-11-25-47)62(75-42-48-26-12-3-13-27-48)63(77-55)76-44-54-37-69(67-65-54)39-57(71)79-59(51-32-18-6-19-33-51)52-34-20-7-21-35-52/h1-37,55,58-63H,38-45H2/t55-,60-,61+,62-,63+/m1/s1. The number of esters is 2. The molecule has 1 saturated heterocycles. The van der Waals surface area contributed by atoms with Gasteiger partial charge >= 0.3 is 11.9 Å². The van der Waals surface area contributed by atoms with Gasteiger partial charge in [-0.1, -0.05) is 223 Å². The van der Waals surface area contributed by atoms with Crippen molar-refractivity contribution in [3.63, 3.8) is 0 Å². The van der Waals surface area contributed by atoms with Crippen LogP contribution in [0.5, 0.6) is 0 Å². The number of hydrogen-bond acceptors (Lipinski definition) is 14. The van der Waals surface area contributed by atoms with E-state index < -0.39 is 54.9 Å². The fourth-order valence-corrected chi connectivity index (χ4v) is 9.20. The Morgan fingerprint density at radius 2 is 0.772 bits per heavy atom. The van der Waals surface area contributed by atoms with Crippen molar-refractivity contribution in [1.82, 2.24) is 30.0 Å². The Hall–Kier alpha value is -8.48. The average Bonchev–Trinajstić information content (AvgIpc) is 4.22. The highest BCUT2D eigenvalue weighted by molar-refractivity contribution is 5.70. The number of rotatable bonds is 26. The zero-order valence-corrected chi connectivity index (χ0v) is 43.3. The molecule has 0 bridgehead atoms. The molecule has 7 aromatic carbocycles. The van der Waals surface area contributed by atoms with E-state index >= 15 is 0 Å². The van der Waals surface area contributed by atoms with Crippen molar-refractivity contribution >= 4 is 11.9 Å². The van der Waals surface area contributed by atoms with Crippen molar-refractivity contribution in [2.24, 2.45) is 0 Å². The summed E-state index contributed by atoms with van der Waals surface area (Å²) in [5.41, 5.74) is 7.10. The molecule has 0 radical (unpaired) electrons. The van der Waals surface area contributed by atoms with E-state index in [1.807, 2.05) is 212 Å².